The van der Waals surface area contributed by atoms with E-state index in [1.807, 2.05) is 29.1 Å². The van der Waals surface area contributed by atoms with E-state index in [1.54, 1.807) is 32.2 Å². The third-order valence-electron chi connectivity index (χ3n) is 5.10. The van der Waals surface area contributed by atoms with E-state index in [4.69, 9.17) is 0 Å². The van der Waals surface area contributed by atoms with Crippen LogP contribution in [0, 0.1) is 11.6 Å². The van der Waals surface area contributed by atoms with E-state index in [0.717, 1.165) is 11.1 Å². The molecule has 3 rings (SSSR count). The zero-order chi connectivity index (χ0) is 22.2. The van der Waals surface area contributed by atoms with Gasteiger partial charge in [0.1, 0.15) is 11.6 Å². The number of aromatic nitrogens is 2. The SMILES string of the molecule is CN=C(NCc1ccccc1Cn1cccn1)NCC(c1c(F)cccc1F)N(C)C. The molecular formula is C23H28F2N6. The summed E-state index contributed by atoms with van der Waals surface area (Å²) in [5.74, 6) is -0.565. The van der Waals surface area contributed by atoms with Crippen LogP contribution in [-0.2, 0) is 13.1 Å². The van der Waals surface area contributed by atoms with Gasteiger partial charge in [-0.2, -0.15) is 5.10 Å². The zero-order valence-electron chi connectivity index (χ0n) is 18.0. The molecule has 164 valence electrons. The molecule has 0 aliphatic carbocycles. The average Bonchev–Trinajstić information content (AvgIpc) is 3.26. The Morgan fingerprint density at radius 3 is 2.35 bits per heavy atom. The minimum absolute atomic E-state index is 0.0417. The number of aliphatic imine (C=N–C) groups is 1. The Balaban J connectivity index is 1.65. The van der Waals surface area contributed by atoms with Gasteiger partial charge in [-0.3, -0.25) is 9.67 Å². The van der Waals surface area contributed by atoms with E-state index in [0.29, 0.717) is 25.6 Å². The van der Waals surface area contributed by atoms with Crippen molar-refractivity contribution in [3.8, 4) is 0 Å². The molecule has 1 atom stereocenters. The van der Waals surface area contributed by atoms with Crippen LogP contribution in [0.4, 0.5) is 8.78 Å². The van der Waals surface area contributed by atoms with Crippen LogP contribution in [0.3, 0.4) is 0 Å². The molecule has 6 nitrogen and oxygen atoms in total. The van der Waals surface area contributed by atoms with Crippen molar-refractivity contribution in [2.45, 2.75) is 19.1 Å². The second kappa shape index (κ2) is 10.7. The molecule has 8 heteroatoms. The van der Waals surface area contributed by atoms with Crippen LogP contribution < -0.4 is 10.6 Å². The highest BCUT2D eigenvalue weighted by Crippen LogP contribution is 2.23. The number of guanidine groups is 1. The third-order valence-corrected chi connectivity index (χ3v) is 5.10. The van der Waals surface area contributed by atoms with Gasteiger partial charge in [-0.15, -0.1) is 0 Å². The fraction of sp³-hybridized carbons (Fsp3) is 0.304. The number of likely N-dealkylation sites (N-methyl/N-ethyl adjacent to an activating group) is 1. The van der Waals surface area contributed by atoms with E-state index in [9.17, 15) is 8.78 Å². The van der Waals surface area contributed by atoms with Gasteiger partial charge in [-0.05, 0) is 43.4 Å². The second-order valence-corrected chi connectivity index (χ2v) is 7.39. The van der Waals surface area contributed by atoms with Gasteiger partial charge in [0.25, 0.3) is 0 Å². The molecule has 3 aromatic rings. The Morgan fingerprint density at radius 2 is 1.74 bits per heavy atom. The number of hydrogen-bond donors (Lipinski definition) is 2. The molecule has 2 N–H and O–H groups in total. The molecule has 0 aliphatic rings. The number of halogens is 2. The molecule has 0 aliphatic heterocycles. The van der Waals surface area contributed by atoms with Gasteiger partial charge in [0.15, 0.2) is 5.96 Å². The summed E-state index contributed by atoms with van der Waals surface area (Å²) in [6, 6.07) is 13.4. The topological polar surface area (TPSA) is 57.5 Å². The molecule has 0 saturated carbocycles. The van der Waals surface area contributed by atoms with Crippen molar-refractivity contribution in [2.75, 3.05) is 27.7 Å². The minimum Gasteiger partial charge on any atom is -0.354 e. The highest BCUT2D eigenvalue weighted by molar-refractivity contribution is 5.79. The minimum atomic E-state index is -0.559. The largest absolute Gasteiger partial charge is 0.354 e. The van der Waals surface area contributed by atoms with Crippen molar-refractivity contribution in [3.63, 3.8) is 0 Å². The number of nitrogens with one attached hydrogen (secondary N) is 2. The average molecular weight is 427 g/mol. The molecule has 0 bridgehead atoms. The Bertz CT molecular complexity index is 981. The lowest BCUT2D eigenvalue weighted by Crippen LogP contribution is -2.42. The molecule has 0 saturated heterocycles. The van der Waals surface area contributed by atoms with Gasteiger partial charge < -0.3 is 15.5 Å². The molecule has 0 spiro atoms. The van der Waals surface area contributed by atoms with Crippen LogP contribution in [0.1, 0.15) is 22.7 Å². The van der Waals surface area contributed by atoms with Gasteiger partial charge in [-0.25, -0.2) is 8.78 Å². The molecule has 0 amide bonds. The summed E-state index contributed by atoms with van der Waals surface area (Å²) < 4.78 is 30.4. The van der Waals surface area contributed by atoms with Crippen molar-refractivity contribution in [1.29, 1.82) is 0 Å². The summed E-state index contributed by atoms with van der Waals surface area (Å²) in [6.07, 6.45) is 3.68. The molecule has 2 aromatic carbocycles. The summed E-state index contributed by atoms with van der Waals surface area (Å²) >= 11 is 0. The molecule has 0 radical (unpaired) electrons. The number of benzene rings is 2. The number of rotatable bonds is 8. The van der Waals surface area contributed by atoms with Crippen molar-refractivity contribution in [1.82, 2.24) is 25.3 Å². The fourth-order valence-corrected chi connectivity index (χ4v) is 3.42. The Morgan fingerprint density at radius 1 is 1.03 bits per heavy atom. The summed E-state index contributed by atoms with van der Waals surface area (Å²) in [7, 11) is 5.25. The fourth-order valence-electron chi connectivity index (χ4n) is 3.42. The Kier molecular flexibility index (Phi) is 7.72. The maximum Gasteiger partial charge on any atom is 0.191 e. The first-order chi connectivity index (χ1) is 15.0. The van der Waals surface area contributed by atoms with Crippen molar-refractivity contribution in [2.24, 2.45) is 4.99 Å². The lowest BCUT2D eigenvalue weighted by atomic mass is 10.0. The van der Waals surface area contributed by atoms with Crippen LogP contribution in [0.15, 0.2) is 65.9 Å². The molecule has 1 aromatic heterocycles. The standard InChI is InChI=1S/C23H28F2N6/c1-26-23(28-15-21(30(2)3)22-19(24)10-6-11-20(22)25)27-14-17-8-4-5-9-18(17)16-31-13-7-12-29-31/h4-13,21H,14-16H2,1-3H3,(H2,26,27,28). The van der Waals surface area contributed by atoms with Gasteiger partial charge in [0.05, 0.1) is 12.6 Å². The van der Waals surface area contributed by atoms with E-state index in [1.165, 1.54) is 18.2 Å². The van der Waals surface area contributed by atoms with E-state index >= 15 is 0 Å². The predicted molar refractivity (Wildman–Crippen MR) is 119 cm³/mol. The van der Waals surface area contributed by atoms with Crippen molar-refractivity contribution in [3.05, 3.63) is 89.2 Å². The first kappa shape index (κ1) is 22.4. The lowest BCUT2D eigenvalue weighted by Gasteiger charge is -2.26. The Labute approximate surface area is 181 Å². The second-order valence-electron chi connectivity index (χ2n) is 7.39. The van der Waals surface area contributed by atoms with Gasteiger partial charge in [0.2, 0.25) is 0 Å². The highest BCUT2D eigenvalue weighted by atomic mass is 19.1. The summed E-state index contributed by atoms with van der Waals surface area (Å²) in [6.45, 7) is 1.52. The maximum absolute atomic E-state index is 14.3. The van der Waals surface area contributed by atoms with E-state index in [2.05, 4.69) is 32.9 Å². The first-order valence-corrected chi connectivity index (χ1v) is 10.1. The van der Waals surface area contributed by atoms with Crippen molar-refractivity contribution >= 4 is 5.96 Å². The van der Waals surface area contributed by atoms with E-state index < -0.39 is 17.7 Å². The molecule has 1 unspecified atom stereocenters. The summed E-state index contributed by atoms with van der Waals surface area (Å²) in [4.78, 5) is 6.03. The molecular weight excluding hydrogens is 398 g/mol. The molecule has 1 heterocycles. The van der Waals surface area contributed by atoms with Crippen LogP contribution in [0.25, 0.3) is 0 Å². The quantitative estimate of drug-likeness (QED) is 0.429. The normalized spacial score (nSPS) is 12.8. The predicted octanol–water partition coefficient (Wildman–Crippen LogP) is 3.18. The first-order valence-electron chi connectivity index (χ1n) is 10.1. The Hall–Kier alpha value is -3.26. The number of nitrogens with zero attached hydrogens (tertiary/aromatic N) is 4. The van der Waals surface area contributed by atoms with Crippen LogP contribution in [0.2, 0.25) is 0 Å². The van der Waals surface area contributed by atoms with Gasteiger partial charge in [0, 0.05) is 38.1 Å². The highest BCUT2D eigenvalue weighted by Gasteiger charge is 2.22. The van der Waals surface area contributed by atoms with Crippen molar-refractivity contribution < 1.29 is 8.78 Å². The molecule has 31 heavy (non-hydrogen) atoms. The monoisotopic (exact) mass is 426 g/mol. The van der Waals surface area contributed by atoms with Crippen LogP contribution in [0.5, 0.6) is 0 Å². The zero-order valence-corrected chi connectivity index (χ0v) is 18.0. The number of hydrogen-bond acceptors (Lipinski definition) is 3. The third kappa shape index (κ3) is 5.88. The van der Waals surface area contributed by atoms with Gasteiger partial charge in [-0.1, -0.05) is 30.3 Å². The lowest BCUT2D eigenvalue weighted by molar-refractivity contribution is 0.282. The van der Waals surface area contributed by atoms with Gasteiger partial charge >= 0.3 is 0 Å². The smallest absolute Gasteiger partial charge is 0.191 e. The van der Waals surface area contributed by atoms with Crippen LogP contribution >= 0.6 is 0 Å². The summed E-state index contributed by atoms with van der Waals surface area (Å²) in [5, 5.41) is 10.7. The maximum atomic E-state index is 14.3. The molecule has 0 fully saturated rings. The van der Waals surface area contributed by atoms with E-state index in [-0.39, 0.29) is 5.56 Å². The summed E-state index contributed by atoms with van der Waals surface area (Å²) in [5.41, 5.74) is 2.30. The van der Waals surface area contributed by atoms with Crippen LogP contribution in [-0.4, -0.2) is 48.3 Å².